The van der Waals surface area contributed by atoms with Crippen LogP contribution in [0.25, 0.3) is 0 Å². The van der Waals surface area contributed by atoms with E-state index in [1.165, 1.54) is 0 Å². The molecule has 0 spiro atoms. The normalized spacial score (nSPS) is 18.8. The van der Waals surface area contributed by atoms with Crippen molar-refractivity contribution in [2.24, 2.45) is 0 Å². The minimum absolute atomic E-state index is 0.112. The lowest BCUT2D eigenvalue weighted by atomic mass is 10.0. The van der Waals surface area contributed by atoms with Gasteiger partial charge in [0.1, 0.15) is 6.04 Å². The van der Waals surface area contributed by atoms with Gasteiger partial charge in [-0.3, -0.25) is 4.90 Å². The van der Waals surface area contributed by atoms with Gasteiger partial charge in [-0.25, -0.2) is 17.6 Å². The molecule has 1 aromatic rings. The van der Waals surface area contributed by atoms with Gasteiger partial charge in [0.25, 0.3) is 0 Å². The Balaban J connectivity index is 2.56. The second-order valence-corrected chi connectivity index (χ2v) is 4.61. The lowest BCUT2D eigenvalue weighted by Gasteiger charge is -2.36. The molecule has 0 bridgehead atoms. The standard InChI is InChI=1S/C12H11F7N2/c13-6-5-7(14)10(16)8(9(6)15)11(12(17,18)19)21-3-1-20-2-4-21/h5,11,20H,1-4H2/t11-/m1/s1. The molecule has 1 aliphatic rings. The predicted octanol–water partition coefficient (Wildman–Crippen LogP) is 2.75. The maximum atomic E-state index is 13.7. The fraction of sp³-hybridized carbons (Fsp3) is 0.500. The maximum Gasteiger partial charge on any atom is 0.408 e. The third kappa shape index (κ3) is 3.13. The molecule has 1 N–H and O–H groups in total. The lowest BCUT2D eigenvalue weighted by molar-refractivity contribution is -0.189. The third-order valence-corrected chi connectivity index (χ3v) is 3.25. The van der Waals surface area contributed by atoms with Crippen molar-refractivity contribution in [2.75, 3.05) is 26.2 Å². The van der Waals surface area contributed by atoms with Crippen LogP contribution in [0.15, 0.2) is 6.07 Å². The molecule has 9 heteroatoms. The molecule has 0 unspecified atom stereocenters. The zero-order chi connectivity index (χ0) is 15.8. The summed E-state index contributed by atoms with van der Waals surface area (Å²) in [6.07, 6.45) is -5.07. The van der Waals surface area contributed by atoms with Crippen LogP contribution in [-0.4, -0.2) is 37.3 Å². The molecule has 0 amide bonds. The molecule has 1 aliphatic heterocycles. The van der Waals surface area contributed by atoms with Crippen LogP contribution in [0.1, 0.15) is 11.6 Å². The van der Waals surface area contributed by atoms with Gasteiger partial charge in [0.2, 0.25) is 0 Å². The summed E-state index contributed by atoms with van der Waals surface area (Å²) >= 11 is 0. The summed E-state index contributed by atoms with van der Waals surface area (Å²) in [5.74, 6) is -7.74. The second-order valence-electron chi connectivity index (χ2n) is 4.61. The molecule has 1 heterocycles. The number of nitrogens with one attached hydrogen (secondary N) is 1. The Kier molecular flexibility index (Phi) is 4.43. The highest BCUT2D eigenvalue weighted by Crippen LogP contribution is 2.41. The zero-order valence-electron chi connectivity index (χ0n) is 10.6. The van der Waals surface area contributed by atoms with Crippen LogP contribution >= 0.6 is 0 Å². The van der Waals surface area contributed by atoms with Crippen LogP contribution in [0.2, 0.25) is 0 Å². The molecule has 1 aromatic carbocycles. The fourth-order valence-corrected chi connectivity index (χ4v) is 2.33. The minimum atomic E-state index is -5.07. The molecule has 21 heavy (non-hydrogen) atoms. The second kappa shape index (κ2) is 5.80. The van der Waals surface area contributed by atoms with Crippen molar-refractivity contribution in [2.45, 2.75) is 12.2 Å². The smallest absolute Gasteiger partial charge is 0.314 e. The quantitative estimate of drug-likeness (QED) is 0.667. The van der Waals surface area contributed by atoms with Crippen LogP contribution in [0, 0.1) is 23.3 Å². The van der Waals surface area contributed by atoms with E-state index in [1.807, 2.05) is 0 Å². The highest BCUT2D eigenvalue weighted by atomic mass is 19.4. The van der Waals surface area contributed by atoms with Crippen molar-refractivity contribution >= 4 is 0 Å². The molecule has 1 saturated heterocycles. The van der Waals surface area contributed by atoms with Crippen molar-refractivity contribution in [3.05, 3.63) is 34.9 Å². The first-order valence-corrected chi connectivity index (χ1v) is 6.08. The van der Waals surface area contributed by atoms with E-state index in [-0.39, 0.29) is 32.2 Å². The van der Waals surface area contributed by atoms with Crippen LogP contribution in [-0.2, 0) is 0 Å². The van der Waals surface area contributed by atoms with Crippen molar-refractivity contribution in [3.63, 3.8) is 0 Å². The first kappa shape index (κ1) is 16.0. The van der Waals surface area contributed by atoms with Gasteiger partial charge in [-0.05, 0) is 0 Å². The average molecular weight is 316 g/mol. The molecular weight excluding hydrogens is 305 g/mol. The first-order valence-electron chi connectivity index (χ1n) is 6.08. The first-order chi connectivity index (χ1) is 9.73. The van der Waals surface area contributed by atoms with Gasteiger partial charge in [-0.2, -0.15) is 13.2 Å². The number of piperazine rings is 1. The summed E-state index contributed by atoms with van der Waals surface area (Å²) < 4.78 is 93.1. The van der Waals surface area contributed by atoms with E-state index in [2.05, 4.69) is 5.32 Å². The summed E-state index contributed by atoms with van der Waals surface area (Å²) in [6.45, 7) is 0.0452. The summed E-state index contributed by atoms with van der Waals surface area (Å²) in [5, 5.41) is 2.78. The van der Waals surface area contributed by atoms with E-state index in [0.717, 1.165) is 4.90 Å². The van der Waals surface area contributed by atoms with Gasteiger partial charge in [-0.1, -0.05) is 0 Å². The lowest BCUT2D eigenvalue weighted by Crippen LogP contribution is -2.49. The molecule has 0 aliphatic carbocycles. The van der Waals surface area contributed by atoms with Gasteiger partial charge in [0.15, 0.2) is 23.3 Å². The van der Waals surface area contributed by atoms with Gasteiger partial charge in [-0.15, -0.1) is 0 Å². The summed E-state index contributed by atoms with van der Waals surface area (Å²) in [7, 11) is 0. The zero-order valence-corrected chi connectivity index (χ0v) is 10.6. The number of nitrogens with zero attached hydrogens (tertiary/aromatic N) is 1. The molecule has 0 saturated carbocycles. The predicted molar refractivity (Wildman–Crippen MR) is 59.5 cm³/mol. The number of alkyl halides is 3. The molecule has 0 radical (unpaired) electrons. The molecule has 2 rings (SSSR count). The number of hydrogen-bond donors (Lipinski definition) is 1. The van der Waals surface area contributed by atoms with Crippen molar-refractivity contribution in [3.8, 4) is 0 Å². The van der Waals surface area contributed by atoms with Crippen molar-refractivity contribution in [1.82, 2.24) is 10.2 Å². The van der Waals surface area contributed by atoms with Gasteiger partial charge >= 0.3 is 6.18 Å². The number of benzene rings is 1. The topological polar surface area (TPSA) is 15.3 Å². The molecular formula is C12H11F7N2. The monoisotopic (exact) mass is 316 g/mol. The summed E-state index contributed by atoms with van der Waals surface area (Å²) in [6, 6.07) is -2.84. The molecule has 1 atom stereocenters. The summed E-state index contributed by atoms with van der Waals surface area (Å²) in [4.78, 5) is 0.747. The Hall–Kier alpha value is -1.35. The largest absolute Gasteiger partial charge is 0.408 e. The van der Waals surface area contributed by atoms with Crippen molar-refractivity contribution < 1.29 is 30.7 Å². The van der Waals surface area contributed by atoms with E-state index in [9.17, 15) is 30.7 Å². The van der Waals surface area contributed by atoms with Crippen LogP contribution < -0.4 is 5.32 Å². The molecule has 1 fully saturated rings. The molecule has 2 nitrogen and oxygen atoms in total. The molecule has 0 aromatic heterocycles. The Labute approximate surface area is 115 Å². The van der Waals surface area contributed by atoms with Gasteiger partial charge < -0.3 is 5.32 Å². The highest BCUT2D eigenvalue weighted by molar-refractivity contribution is 5.27. The Morgan fingerprint density at radius 1 is 0.952 bits per heavy atom. The van der Waals surface area contributed by atoms with Gasteiger partial charge in [0, 0.05) is 32.2 Å². The average Bonchev–Trinajstić information content (AvgIpc) is 2.41. The highest BCUT2D eigenvalue weighted by Gasteiger charge is 2.48. The number of halogens is 7. The fourth-order valence-electron chi connectivity index (χ4n) is 2.33. The van der Waals surface area contributed by atoms with E-state index in [4.69, 9.17) is 0 Å². The Morgan fingerprint density at radius 2 is 1.43 bits per heavy atom. The Bertz CT molecular complexity index is 497. The van der Waals surface area contributed by atoms with Gasteiger partial charge in [0.05, 0.1) is 5.56 Å². The van der Waals surface area contributed by atoms with E-state index in [1.54, 1.807) is 0 Å². The van der Waals surface area contributed by atoms with Crippen LogP contribution in [0.4, 0.5) is 30.7 Å². The van der Waals surface area contributed by atoms with E-state index in [0.29, 0.717) is 0 Å². The van der Waals surface area contributed by atoms with E-state index < -0.39 is 41.1 Å². The SMILES string of the molecule is Fc1cc(F)c(F)c([C@@H](N2CCNCC2)C(F)(F)F)c1F. The summed E-state index contributed by atoms with van der Waals surface area (Å²) in [5.41, 5.74) is -1.64. The van der Waals surface area contributed by atoms with Crippen LogP contribution in [0.3, 0.4) is 0 Å². The Morgan fingerprint density at radius 3 is 1.86 bits per heavy atom. The number of rotatable bonds is 2. The van der Waals surface area contributed by atoms with Crippen molar-refractivity contribution in [1.29, 1.82) is 0 Å². The molecule has 118 valence electrons. The number of hydrogen-bond acceptors (Lipinski definition) is 2. The van der Waals surface area contributed by atoms with Crippen LogP contribution in [0.5, 0.6) is 0 Å². The van der Waals surface area contributed by atoms with E-state index >= 15 is 0 Å². The maximum absolute atomic E-state index is 13.7. The minimum Gasteiger partial charge on any atom is -0.314 e. The third-order valence-electron chi connectivity index (χ3n) is 3.25.